The lowest BCUT2D eigenvalue weighted by atomic mass is 10.4. The third-order valence-electron chi connectivity index (χ3n) is 2.67. The lowest BCUT2D eigenvalue weighted by molar-refractivity contribution is 0.201. The van der Waals surface area contributed by atoms with Crippen LogP contribution in [0.5, 0.6) is 0 Å². The summed E-state index contributed by atoms with van der Waals surface area (Å²) in [6.07, 6.45) is 1.37. The lowest BCUT2D eigenvalue weighted by Gasteiger charge is -2.02. The Morgan fingerprint density at radius 2 is 2.11 bits per heavy atom. The third kappa shape index (κ3) is 2.21. The van der Waals surface area contributed by atoms with Crippen molar-refractivity contribution in [3.63, 3.8) is 0 Å². The second-order valence-corrected chi connectivity index (χ2v) is 4.04. The molecule has 0 saturated heterocycles. The summed E-state index contributed by atoms with van der Waals surface area (Å²) in [6.45, 7) is 3.00. The normalized spacial score (nSPS) is 11.2. The van der Waals surface area contributed by atoms with Gasteiger partial charge in [-0.15, -0.1) is 0 Å². The SMILES string of the molecule is CCCn1c(=O)[nH]c(=O)c2[nH]c(CCOC)nc21. The molecule has 0 fully saturated rings. The van der Waals surface area contributed by atoms with E-state index in [-0.39, 0.29) is 0 Å². The first-order valence-corrected chi connectivity index (χ1v) is 5.88. The number of aromatic amines is 2. The highest BCUT2D eigenvalue weighted by molar-refractivity contribution is 5.69. The predicted octanol–water partition coefficient (Wildman–Crippen LogP) is 0.0118. The van der Waals surface area contributed by atoms with Crippen LogP contribution in [0.4, 0.5) is 0 Å². The van der Waals surface area contributed by atoms with Gasteiger partial charge in [-0.2, -0.15) is 0 Å². The van der Waals surface area contributed by atoms with Gasteiger partial charge in [0.1, 0.15) is 11.3 Å². The number of rotatable bonds is 5. The maximum absolute atomic E-state index is 11.7. The molecule has 7 heteroatoms. The van der Waals surface area contributed by atoms with Crippen LogP contribution in [0.2, 0.25) is 0 Å². The number of nitrogens with one attached hydrogen (secondary N) is 2. The second kappa shape index (κ2) is 5.18. The highest BCUT2D eigenvalue weighted by Gasteiger charge is 2.12. The summed E-state index contributed by atoms with van der Waals surface area (Å²) in [5.41, 5.74) is -0.0940. The highest BCUT2D eigenvalue weighted by Crippen LogP contribution is 2.06. The van der Waals surface area contributed by atoms with Crippen LogP contribution in [0.25, 0.3) is 11.2 Å². The van der Waals surface area contributed by atoms with Crippen molar-refractivity contribution in [2.24, 2.45) is 0 Å². The Labute approximate surface area is 103 Å². The Morgan fingerprint density at radius 1 is 1.33 bits per heavy atom. The van der Waals surface area contributed by atoms with Crippen LogP contribution in [0, 0.1) is 0 Å². The van der Waals surface area contributed by atoms with Crippen molar-refractivity contribution in [2.45, 2.75) is 26.3 Å². The van der Waals surface area contributed by atoms with Gasteiger partial charge < -0.3 is 9.72 Å². The molecule has 18 heavy (non-hydrogen) atoms. The van der Waals surface area contributed by atoms with Crippen LogP contribution >= 0.6 is 0 Å². The zero-order valence-corrected chi connectivity index (χ0v) is 10.4. The van der Waals surface area contributed by atoms with Crippen LogP contribution in [-0.2, 0) is 17.7 Å². The molecular formula is C11H16N4O3. The molecule has 2 rings (SSSR count). The Balaban J connectivity index is 2.58. The van der Waals surface area contributed by atoms with E-state index in [4.69, 9.17) is 4.74 Å². The smallest absolute Gasteiger partial charge is 0.330 e. The second-order valence-electron chi connectivity index (χ2n) is 4.04. The molecule has 0 amide bonds. The molecule has 2 heterocycles. The van der Waals surface area contributed by atoms with Crippen molar-refractivity contribution in [1.29, 1.82) is 0 Å². The van der Waals surface area contributed by atoms with Gasteiger partial charge in [-0.3, -0.25) is 14.3 Å². The summed E-state index contributed by atoms with van der Waals surface area (Å²) in [7, 11) is 1.60. The summed E-state index contributed by atoms with van der Waals surface area (Å²) >= 11 is 0. The number of H-pyrrole nitrogens is 2. The maximum atomic E-state index is 11.7. The van der Waals surface area contributed by atoms with E-state index < -0.39 is 11.2 Å². The number of methoxy groups -OCH3 is 1. The Hall–Kier alpha value is -1.89. The summed E-state index contributed by atoms with van der Waals surface area (Å²) in [4.78, 5) is 32.9. The average molecular weight is 252 g/mol. The van der Waals surface area contributed by atoms with Crippen molar-refractivity contribution in [2.75, 3.05) is 13.7 Å². The molecule has 0 aromatic carbocycles. The van der Waals surface area contributed by atoms with Gasteiger partial charge in [0.2, 0.25) is 0 Å². The minimum absolute atomic E-state index is 0.342. The maximum Gasteiger partial charge on any atom is 0.330 e. The first-order chi connectivity index (χ1) is 8.67. The third-order valence-corrected chi connectivity index (χ3v) is 2.67. The highest BCUT2D eigenvalue weighted by atomic mass is 16.5. The molecule has 7 nitrogen and oxygen atoms in total. The number of hydrogen-bond acceptors (Lipinski definition) is 4. The summed E-state index contributed by atoms with van der Waals surface area (Å²) in [5, 5.41) is 0. The van der Waals surface area contributed by atoms with Gasteiger partial charge in [-0.1, -0.05) is 6.92 Å². The molecular weight excluding hydrogens is 236 g/mol. The molecule has 2 aromatic rings. The van der Waals surface area contributed by atoms with Crippen LogP contribution in [-0.4, -0.2) is 33.2 Å². The lowest BCUT2D eigenvalue weighted by Crippen LogP contribution is -2.30. The Morgan fingerprint density at radius 3 is 2.78 bits per heavy atom. The van der Waals surface area contributed by atoms with E-state index >= 15 is 0 Å². The van der Waals surface area contributed by atoms with Gasteiger partial charge in [-0.25, -0.2) is 9.78 Å². The minimum Gasteiger partial charge on any atom is -0.384 e. The molecule has 2 aromatic heterocycles. The predicted molar refractivity (Wildman–Crippen MR) is 66.8 cm³/mol. The number of hydrogen-bond donors (Lipinski definition) is 2. The van der Waals surface area contributed by atoms with E-state index in [1.807, 2.05) is 6.92 Å². The fourth-order valence-electron chi connectivity index (χ4n) is 1.84. The number of fused-ring (bicyclic) bond motifs is 1. The Bertz CT molecular complexity index is 652. The topological polar surface area (TPSA) is 92.8 Å². The molecule has 2 N–H and O–H groups in total. The van der Waals surface area contributed by atoms with Crippen molar-refractivity contribution in [3.8, 4) is 0 Å². The van der Waals surface area contributed by atoms with Crippen molar-refractivity contribution < 1.29 is 4.74 Å². The average Bonchev–Trinajstić information content (AvgIpc) is 2.76. The van der Waals surface area contributed by atoms with Gasteiger partial charge >= 0.3 is 5.69 Å². The van der Waals surface area contributed by atoms with E-state index in [2.05, 4.69) is 15.0 Å². The number of imidazole rings is 1. The Kier molecular flexibility index (Phi) is 3.61. The molecule has 0 unspecified atom stereocenters. The van der Waals surface area contributed by atoms with E-state index in [1.54, 1.807) is 7.11 Å². The molecule has 0 aliphatic heterocycles. The first kappa shape index (κ1) is 12.6. The molecule has 98 valence electrons. The zero-order valence-electron chi connectivity index (χ0n) is 10.4. The molecule has 0 bridgehead atoms. The summed E-state index contributed by atoms with van der Waals surface area (Å²) in [6, 6.07) is 0. The summed E-state index contributed by atoms with van der Waals surface area (Å²) in [5.74, 6) is 0.646. The molecule has 0 radical (unpaired) electrons. The van der Waals surface area contributed by atoms with Crippen LogP contribution in [0.1, 0.15) is 19.2 Å². The fourth-order valence-corrected chi connectivity index (χ4v) is 1.84. The number of ether oxygens (including phenoxy) is 1. The van der Waals surface area contributed by atoms with Gasteiger partial charge in [0.05, 0.1) is 6.61 Å². The molecule has 0 aliphatic rings. The molecule has 0 aliphatic carbocycles. The zero-order chi connectivity index (χ0) is 13.1. The van der Waals surface area contributed by atoms with Gasteiger partial charge in [0.25, 0.3) is 5.56 Å². The van der Waals surface area contributed by atoms with Crippen LogP contribution in [0.3, 0.4) is 0 Å². The van der Waals surface area contributed by atoms with E-state index in [9.17, 15) is 9.59 Å². The number of aryl methyl sites for hydroxylation is 1. The quantitative estimate of drug-likeness (QED) is 0.784. The van der Waals surface area contributed by atoms with Crippen molar-refractivity contribution >= 4 is 11.2 Å². The van der Waals surface area contributed by atoms with E-state index in [0.29, 0.717) is 36.6 Å². The molecule has 0 atom stereocenters. The largest absolute Gasteiger partial charge is 0.384 e. The van der Waals surface area contributed by atoms with E-state index in [1.165, 1.54) is 4.57 Å². The van der Waals surface area contributed by atoms with Crippen LogP contribution in [0.15, 0.2) is 9.59 Å². The summed E-state index contributed by atoms with van der Waals surface area (Å²) < 4.78 is 6.43. The van der Waals surface area contributed by atoms with E-state index in [0.717, 1.165) is 6.42 Å². The fraction of sp³-hybridized carbons (Fsp3) is 0.545. The molecule has 0 spiro atoms. The standard InChI is InChI=1S/C11H16N4O3/c1-3-5-15-9-8(10(16)14-11(15)17)12-7(13-9)4-6-18-2/h3-6H2,1-2H3,(H,12,13)(H,14,16,17). The first-order valence-electron chi connectivity index (χ1n) is 5.88. The van der Waals surface area contributed by atoms with Crippen molar-refractivity contribution in [1.82, 2.24) is 19.5 Å². The minimum atomic E-state index is -0.432. The van der Waals surface area contributed by atoms with Crippen molar-refractivity contribution in [3.05, 3.63) is 26.7 Å². The number of aromatic nitrogens is 4. The van der Waals surface area contributed by atoms with Gasteiger partial charge in [0, 0.05) is 20.1 Å². The van der Waals surface area contributed by atoms with Crippen LogP contribution < -0.4 is 11.2 Å². The van der Waals surface area contributed by atoms with Gasteiger partial charge in [0.15, 0.2) is 5.65 Å². The monoisotopic (exact) mass is 252 g/mol. The van der Waals surface area contributed by atoms with Gasteiger partial charge in [-0.05, 0) is 6.42 Å². The molecule has 0 saturated carbocycles. The number of nitrogens with zero attached hydrogens (tertiary/aromatic N) is 2.